The van der Waals surface area contributed by atoms with Gasteiger partial charge in [0.25, 0.3) is 0 Å². The van der Waals surface area contributed by atoms with Crippen molar-refractivity contribution in [2.75, 3.05) is 6.54 Å². The van der Waals surface area contributed by atoms with Crippen LogP contribution in [-0.4, -0.2) is 50.6 Å². The van der Waals surface area contributed by atoms with Crippen molar-refractivity contribution in [3.05, 3.63) is 66.0 Å². The topological polar surface area (TPSA) is 76.5 Å². The number of nitrogens with zero attached hydrogens (tertiary/aromatic N) is 3. The number of nitrogens with one attached hydrogen (secondary N) is 1. The predicted molar refractivity (Wildman–Crippen MR) is 110 cm³/mol. The number of hydrogen-bond acceptors (Lipinski definition) is 4. The van der Waals surface area contributed by atoms with Crippen molar-refractivity contribution in [3.63, 3.8) is 0 Å². The van der Waals surface area contributed by atoms with Crippen LogP contribution in [0, 0.1) is 17.7 Å². The minimum absolute atomic E-state index is 0.0340. The van der Waals surface area contributed by atoms with Crippen molar-refractivity contribution in [2.45, 2.75) is 37.6 Å². The van der Waals surface area contributed by atoms with Gasteiger partial charge in [-0.25, -0.2) is 9.37 Å². The Bertz CT molecular complexity index is 1060. The average molecular weight is 424 g/mol. The van der Waals surface area contributed by atoms with Gasteiger partial charge in [0.2, 0.25) is 11.8 Å². The number of ether oxygens (including phenoxy) is 1. The molecule has 2 aromatic rings. The van der Waals surface area contributed by atoms with E-state index in [0.717, 1.165) is 0 Å². The first-order valence-electron chi connectivity index (χ1n) is 10.5. The number of aryl methyl sites for hydroxylation is 1. The van der Waals surface area contributed by atoms with Crippen molar-refractivity contribution >= 4 is 11.8 Å². The number of halogens is 1. The number of rotatable bonds is 5. The molecule has 4 heterocycles. The first-order chi connectivity index (χ1) is 14.8. The molecule has 0 unspecified atom stereocenters. The third-order valence-corrected chi connectivity index (χ3v) is 6.66. The molecule has 162 valence electrons. The number of imidazole rings is 1. The molecule has 1 aromatic heterocycles. The normalized spacial score (nSPS) is 29.6. The summed E-state index contributed by atoms with van der Waals surface area (Å²) in [7, 11) is 1.84. The molecule has 0 radical (unpaired) electrons. The van der Waals surface area contributed by atoms with E-state index < -0.39 is 29.6 Å². The number of hydrogen-bond donors (Lipinski definition) is 1. The van der Waals surface area contributed by atoms with Crippen LogP contribution < -0.4 is 5.32 Å². The highest BCUT2D eigenvalue weighted by Crippen LogP contribution is 2.52. The average Bonchev–Trinajstić information content (AvgIpc) is 3.48. The zero-order chi connectivity index (χ0) is 21.9. The molecular weight excluding hydrogens is 399 g/mol. The van der Waals surface area contributed by atoms with Gasteiger partial charge in [-0.15, -0.1) is 0 Å². The van der Waals surface area contributed by atoms with Gasteiger partial charge in [-0.2, -0.15) is 0 Å². The molecule has 2 bridgehead atoms. The van der Waals surface area contributed by atoms with E-state index >= 15 is 0 Å². The third-order valence-electron chi connectivity index (χ3n) is 6.66. The quantitative estimate of drug-likeness (QED) is 0.745. The van der Waals surface area contributed by atoms with Gasteiger partial charge in [0.05, 0.1) is 24.5 Å². The fourth-order valence-corrected chi connectivity index (χ4v) is 5.11. The van der Waals surface area contributed by atoms with Gasteiger partial charge in [0.15, 0.2) is 0 Å². The molecule has 3 aliphatic heterocycles. The van der Waals surface area contributed by atoms with Crippen LogP contribution in [0.4, 0.5) is 4.39 Å². The van der Waals surface area contributed by atoms with Crippen molar-refractivity contribution < 1.29 is 18.7 Å². The molecule has 2 fully saturated rings. The number of fused-ring (bicyclic) bond motifs is 1. The molecule has 31 heavy (non-hydrogen) atoms. The van der Waals surface area contributed by atoms with Gasteiger partial charge in [0, 0.05) is 25.5 Å². The Kier molecular flexibility index (Phi) is 4.51. The maximum atomic E-state index is 13.5. The second-order valence-electron chi connectivity index (χ2n) is 8.85. The lowest BCUT2D eigenvalue weighted by atomic mass is 9.76. The van der Waals surface area contributed by atoms with Crippen LogP contribution in [0.2, 0.25) is 0 Å². The van der Waals surface area contributed by atoms with E-state index in [1.165, 1.54) is 12.1 Å². The monoisotopic (exact) mass is 424 g/mol. The summed E-state index contributed by atoms with van der Waals surface area (Å²) in [6.45, 7) is 4.39. The van der Waals surface area contributed by atoms with E-state index in [9.17, 15) is 14.0 Å². The molecule has 1 aromatic carbocycles. The Hall–Kier alpha value is -3.00. The highest BCUT2D eigenvalue weighted by Gasteiger charge is 2.67. The Balaban J connectivity index is 1.46. The summed E-state index contributed by atoms with van der Waals surface area (Å²) in [6, 6.07) is 5.44. The Labute approximate surface area is 179 Å². The molecule has 1 N–H and O–H groups in total. The number of benzene rings is 1. The number of carbonyl (C=O) groups excluding carboxylic acids is 2. The fraction of sp³-hybridized carbons (Fsp3) is 0.435. The lowest BCUT2D eigenvalue weighted by molar-refractivity contribution is -0.138. The van der Waals surface area contributed by atoms with Crippen LogP contribution in [0.5, 0.6) is 0 Å². The molecule has 5 rings (SSSR count). The Morgan fingerprint density at radius 3 is 2.71 bits per heavy atom. The van der Waals surface area contributed by atoms with Crippen LogP contribution in [0.15, 0.2) is 48.8 Å². The summed E-state index contributed by atoms with van der Waals surface area (Å²) in [5.41, 5.74) is -0.0252. The predicted octanol–water partition coefficient (Wildman–Crippen LogP) is 1.96. The lowest BCUT2D eigenvalue weighted by Crippen LogP contribution is -2.45. The molecule has 1 spiro atoms. The van der Waals surface area contributed by atoms with Gasteiger partial charge >= 0.3 is 0 Å². The zero-order valence-electron chi connectivity index (χ0n) is 17.7. The highest BCUT2D eigenvalue weighted by molar-refractivity contribution is 5.93. The fourth-order valence-electron chi connectivity index (χ4n) is 5.11. The SMILES string of the molecule is CC(C)N1C[C@@]23C=C[C@@H](O2)[C@H](C(=O)N[C@@H](c2ccc(F)cc2)c2nccn2C)[C@H]3C1=O. The molecule has 2 saturated heterocycles. The molecule has 8 heteroatoms. The summed E-state index contributed by atoms with van der Waals surface area (Å²) in [6.07, 6.45) is 6.85. The van der Waals surface area contributed by atoms with E-state index in [-0.39, 0.29) is 23.7 Å². The molecule has 2 amide bonds. The van der Waals surface area contributed by atoms with Crippen LogP contribution in [-0.2, 0) is 21.4 Å². The van der Waals surface area contributed by atoms with E-state index in [1.54, 1.807) is 29.4 Å². The van der Waals surface area contributed by atoms with E-state index in [2.05, 4.69) is 10.3 Å². The maximum Gasteiger partial charge on any atom is 0.230 e. The van der Waals surface area contributed by atoms with E-state index in [4.69, 9.17) is 4.74 Å². The molecule has 3 aliphatic rings. The van der Waals surface area contributed by atoms with Gasteiger partial charge in [-0.05, 0) is 31.5 Å². The molecule has 0 aliphatic carbocycles. The number of likely N-dealkylation sites (tertiary alicyclic amines) is 1. The highest BCUT2D eigenvalue weighted by atomic mass is 19.1. The number of amides is 2. The third kappa shape index (κ3) is 3.00. The summed E-state index contributed by atoms with van der Waals surface area (Å²) in [4.78, 5) is 32.9. The molecule has 0 saturated carbocycles. The van der Waals surface area contributed by atoms with Gasteiger partial charge in [0.1, 0.15) is 23.3 Å². The lowest BCUT2D eigenvalue weighted by Gasteiger charge is -2.27. The number of carbonyl (C=O) groups is 2. The summed E-state index contributed by atoms with van der Waals surface area (Å²) < 4.78 is 21.5. The summed E-state index contributed by atoms with van der Waals surface area (Å²) in [5.74, 6) is -1.21. The minimum atomic E-state index is -0.734. The Morgan fingerprint density at radius 2 is 2.06 bits per heavy atom. The molecule has 5 atom stereocenters. The van der Waals surface area contributed by atoms with Crippen molar-refractivity contribution in [2.24, 2.45) is 18.9 Å². The maximum absolute atomic E-state index is 13.5. The van der Waals surface area contributed by atoms with Crippen molar-refractivity contribution in [3.8, 4) is 0 Å². The van der Waals surface area contributed by atoms with E-state index in [0.29, 0.717) is 17.9 Å². The van der Waals surface area contributed by atoms with Crippen LogP contribution in [0.3, 0.4) is 0 Å². The first kappa shape index (κ1) is 19.9. The van der Waals surface area contributed by atoms with E-state index in [1.807, 2.05) is 37.6 Å². The largest absolute Gasteiger partial charge is 0.360 e. The van der Waals surface area contributed by atoms with Crippen LogP contribution >= 0.6 is 0 Å². The molecular formula is C23H25FN4O3. The van der Waals surface area contributed by atoms with Gasteiger partial charge in [-0.3, -0.25) is 9.59 Å². The standard InChI is InChI=1S/C23H25FN4O3/c1-13(2)28-12-23-9-8-16(31-23)17(18(23)22(28)30)21(29)26-19(20-25-10-11-27(20)3)14-4-6-15(24)7-5-14/h4-11,13,16-19H,12H2,1-3H3,(H,26,29)/t16-,17+,18+,19+,23-/m1/s1. The van der Waals surface area contributed by atoms with Crippen molar-refractivity contribution in [1.29, 1.82) is 0 Å². The zero-order valence-corrected chi connectivity index (χ0v) is 17.7. The second kappa shape index (κ2) is 7.02. The number of aromatic nitrogens is 2. The summed E-state index contributed by atoms with van der Waals surface area (Å²) >= 11 is 0. The van der Waals surface area contributed by atoms with Crippen molar-refractivity contribution in [1.82, 2.24) is 19.8 Å². The summed E-state index contributed by atoms with van der Waals surface area (Å²) in [5, 5.41) is 3.07. The van der Waals surface area contributed by atoms with Crippen LogP contribution in [0.1, 0.15) is 31.3 Å². The van der Waals surface area contributed by atoms with Gasteiger partial charge in [-0.1, -0.05) is 24.3 Å². The first-order valence-corrected chi connectivity index (χ1v) is 10.5. The molecule has 7 nitrogen and oxygen atoms in total. The van der Waals surface area contributed by atoms with Crippen LogP contribution in [0.25, 0.3) is 0 Å². The second-order valence-corrected chi connectivity index (χ2v) is 8.85. The Morgan fingerprint density at radius 1 is 1.32 bits per heavy atom. The van der Waals surface area contributed by atoms with Gasteiger partial charge < -0.3 is 19.5 Å². The minimum Gasteiger partial charge on any atom is -0.360 e. The smallest absolute Gasteiger partial charge is 0.230 e.